The molecular weight excluding hydrogens is 314 g/mol. The van der Waals surface area contributed by atoms with Crippen LogP contribution in [-0.2, 0) is 21.1 Å². The van der Waals surface area contributed by atoms with E-state index in [1.165, 1.54) is 6.20 Å². The molecule has 1 aromatic rings. The van der Waals surface area contributed by atoms with E-state index in [0.717, 1.165) is 5.56 Å². The second-order valence-corrected chi connectivity index (χ2v) is 7.66. The van der Waals surface area contributed by atoms with Crippen LogP contribution >= 0.6 is 0 Å². The predicted octanol–water partition coefficient (Wildman–Crippen LogP) is 0.529. The van der Waals surface area contributed by atoms with E-state index in [1.54, 1.807) is 0 Å². The van der Waals surface area contributed by atoms with Crippen LogP contribution in [0.4, 0.5) is 0 Å². The summed E-state index contributed by atoms with van der Waals surface area (Å²) in [6, 6.07) is 11.3. The minimum atomic E-state index is -2.99. The lowest BCUT2D eigenvalue weighted by Gasteiger charge is -2.09. The van der Waals surface area contributed by atoms with Gasteiger partial charge in [0, 0.05) is 18.8 Å². The molecule has 0 spiro atoms. The molecule has 1 aliphatic rings. The molecule has 23 heavy (non-hydrogen) atoms. The molecule has 1 aliphatic heterocycles. The summed E-state index contributed by atoms with van der Waals surface area (Å²) in [5.74, 6) is -0.279. The maximum atomic E-state index is 11.9. The summed E-state index contributed by atoms with van der Waals surface area (Å²) < 4.78 is 22.7. The van der Waals surface area contributed by atoms with Crippen molar-refractivity contribution in [3.63, 3.8) is 0 Å². The van der Waals surface area contributed by atoms with Crippen molar-refractivity contribution in [1.82, 2.24) is 10.6 Å². The third-order valence-corrected chi connectivity index (χ3v) is 5.37. The standard InChI is InChI=1S/C16H19N3O3S/c17-10-14(11-19-15-7-9-23(21,22)12-15)16(20)18-8-6-13-4-2-1-3-5-13/h1-5,11,15,19H,6-9,12H2,(H,18,20)/b14-11-. The zero-order valence-corrected chi connectivity index (χ0v) is 13.5. The normalized spacial score (nSPS) is 19.8. The molecule has 0 radical (unpaired) electrons. The summed E-state index contributed by atoms with van der Waals surface area (Å²) in [5.41, 5.74) is 1.05. The predicted molar refractivity (Wildman–Crippen MR) is 87.0 cm³/mol. The SMILES string of the molecule is N#C/C(=C/NC1CCS(=O)(=O)C1)C(=O)NCCc1ccccc1. The van der Waals surface area contributed by atoms with Crippen molar-refractivity contribution in [2.75, 3.05) is 18.1 Å². The Morgan fingerprint density at radius 1 is 1.35 bits per heavy atom. The Morgan fingerprint density at radius 2 is 2.09 bits per heavy atom. The molecule has 0 aromatic heterocycles. The van der Waals surface area contributed by atoms with E-state index in [1.807, 2.05) is 36.4 Å². The number of carbonyl (C=O) groups excluding carboxylic acids is 1. The van der Waals surface area contributed by atoms with E-state index in [4.69, 9.17) is 5.26 Å². The van der Waals surface area contributed by atoms with Gasteiger partial charge in [-0.1, -0.05) is 30.3 Å². The van der Waals surface area contributed by atoms with Crippen LogP contribution in [0.3, 0.4) is 0 Å². The van der Waals surface area contributed by atoms with Crippen molar-refractivity contribution >= 4 is 15.7 Å². The molecule has 1 fully saturated rings. The van der Waals surface area contributed by atoms with E-state index in [9.17, 15) is 13.2 Å². The van der Waals surface area contributed by atoms with Crippen LogP contribution in [0.15, 0.2) is 42.1 Å². The molecule has 0 bridgehead atoms. The lowest BCUT2D eigenvalue weighted by molar-refractivity contribution is -0.117. The van der Waals surface area contributed by atoms with Gasteiger partial charge in [-0.3, -0.25) is 4.79 Å². The lowest BCUT2D eigenvalue weighted by Crippen LogP contribution is -2.30. The number of benzene rings is 1. The van der Waals surface area contributed by atoms with Crippen molar-refractivity contribution in [2.45, 2.75) is 18.9 Å². The number of hydrogen-bond acceptors (Lipinski definition) is 5. The number of nitriles is 1. The Morgan fingerprint density at radius 3 is 2.70 bits per heavy atom. The van der Waals surface area contributed by atoms with Gasteiger partial charge in [-0.25, -0.2) is 8.42 Å². The number of nitrogens with one attached hydrogen (secondary N) is 2. The summed E-state index contributed by atoms with van der Waals surface area (Å²) in [6.45, 7) is 0.430. The van der Waals surface area contributed by atoms with E-state index in [2.05, 4.69) is 10.6 Å². The Balaban J connectivity index is 1.81. The van der Waals surface area contributed by atoms with Gasteiger partial charge in [0.1, 0.15) is 11.6 Å². The molecule has 1 saturated heterocycles. The molecule has 1 unspecified atom stereocenters. The van der Waals surface area contributed by atoms with Crippen molar-refractivity contribution in [3.05, 3.63) is 47.7 Å². The van der Waals surface area contributed by atoms with Crippen LogP contribution in [0.25, 0.3) is 0 Å². The number of rotatable bonds is 6. The third-order valence-electron chi connectivity index (χ3n) is 3.60. The fourth-order valence-corrected chi connectivity index (χ4v) is 4.02. The van der Waals surface area contributed by atoms with Crippen LogP contribution in [-0.4, -0.2) is 38.4 Å². The van der Waals surface area contributed by atoms with Crippen molar-refractivity contribution in [1.29, 1.82) is 5.26 Å². The Bertz CT molecular complexity index is 721. The average Bonchev–Trinajstić information content (AvgIpc) is 2.88. The first-order valence-corrected chi connectivity index (χ1v) is 9.21. The highest BCUT2D eigenvalue weighted by molar-refractivity contribution is 7.91. The highest BCUT2D eigenvalue weighted by atomic mass is 32.2. The number of sulfone groups is 1. The van der Waals surface area contributed by atoms with Crippen molar-refractivity contribution in [3.8, 4) is 6.07 Å². The summed E-state index contributed by atoms with van der Waals surface area (Å²) in [7, 11) is -2.99. The monoisotopic (exact) mass is 333 g/mol. The van der Waals surface area contributed by atoms with Crippen LogP contribution in [0.1, 0.15) is 12.0 Å². The van der Waals surface area contributed by atoms with Gasteiger partial charge in [-0.15, -0.1) is 0 Å². The van der Waals surface area contributed by atoms with Gasteiger partial charge in [0.2, 0.25) is 0 Å². The number of carbonyl (C=O) groups is 1. The molecule has 6 nitrogen and oxygen atoms in total. The minimum Gasteiger partial charge on any atom is -0.386 e. The fraction of sp³-hybridized carbons (Fsp3) is 0.375. The maximum Gasteiger partial charge on any atom is 0.263 e. The maximum absolute atomic E-state index is 11.9. The van der Waals surface area contributed by atoms with Gasteiger partial charge in [0.05, 0.1) is 11.5 Å². The van der Waals surface area contributed by atoms with Crippen LogP contribution in [0, 0.1) is 11.3 Å². The number of hydrogen-bond donors (Lipinski definition) is 2. The Hall–Kier alpha value is -2.33. The largest absolute Gasteiger partial charge is 0.386 e. The van der Waals surface area contributed by atoms with Gasteiger partial charge in [-0.05, 0) is 18.4 Å². The summed E-state index contributed by atoms with van der Waals surface area (Å²) in [6.07, 6.45) is 2.48. The molecular formula is C16H19N3O3S. The lowest BCUT2D eigenvalue weighted by atomic mass is 10.1. The van der Waals surface area contributed by atoms with Crippen LogP contribution in [0.2, 0.25) is 0 Å². The van der Waals surface area contributed by atoms with Crippen LogP contribution in [0.5, 0.6) is 0 Å². The van der Waals surface area contributed by atoms with Crippen LogP contribution < -0.4 is 10.6 Å². The average molecular weight is 333 g/mol. The van der Waals surface area contributed by atoms with E-state index < -0.39 is 15.7 Å². The molecule has 1 aromatic carbocycles. The van der Waals surface area contributed by atoms with Gasteiger partial charge in [0.15, 0.2) is 9.84 Å². The second-order valence-electron chi connectivity index (χ2n) is 5.43. The quantitative estimate of drug-likeness (QED) is 0.584. The molecule has 1 amide bonds. The molecule has 0 saturated carbocycles. The molecule has 1 heterocycles. The fourth-order valence-electron chi connectivity index (χ4n) is 2.34. The molecule has 2 N–H and O–H groups in total. The highest BCUT2D eigenvalue weighted by Gasteiger charge is 2.27. The third kappa shape index (κ3) is 5.42. The summed E-state index contributed by atoms with van der Waals surface area (Å²) in [5, 5.41) is 14.6. The van der Waals surface area contributed by atoms with Gasteiger partial charge in [-0.2, -0.15) is 5.26 Å². The summed E-state index contributed by atoms with van der Waals surface area (Å²) in [4.78, 5) is 11.9. The Labute approximate surface area is 136 Å². The topological polar surface area (TPSA) is 99.1 Å². The van der Waals surface area contributed by atoms with Crippen molar-refractivity contribution in [2.24, 2.45) is 0 Å². The first-order valence-electron chi connectivity index (χ1n) is 7.39. The molecule has 1 atom stereocenters. The Kier molecular flexibility index (Phi) is 5.77. The molecule has 2 rings (SSSR count). The molecule has 7 heteroatoms. The van der Waals surface area contributed by atoms with E-state index >= 15 is 0 Å². The van der Waals surface area contributed by atoms with Gasteiger partial charge in [0.25, 0.3) is 5.91 Å². The highest BCUT2D eigenvalue weighted by Crippen LogP contribution is 2.11. The van der Waals surface area contributed by atoms with Gasteiger partial charge < -0.3 is 10.6 Å². The zero-order chi connectivity index (χ0) is 16.7. The van der Waals surface area contributed by atoms with E-state index in [-0.39, 0.29) is 23.1 Å². The van der Waals surface area contributed by atoms with Crippen molar-refractivity contribution < 1.29 is 13.2 Å². The second kappa shape index (κ2) is 7.79. The molecule has 0 aliphatic carbocycles. The van der Waals surface area contributed by atoms with Gasteiger partial charge >= 0.3 is 0 Å². The number of amides is 1. The van der Waals surface area contributed by atoms with E-state index in [0.29, 0.717) is 19.4 Å². The summed E-state index contributed by atoms with van der Waals surface area (Å²) >= 11 is 0. The number of nitrogens with zero attached hydrogens (tertiary/aromatic N) is 1. The first kappa shape index (κ1) is 17.0. The smallest absolute Gasteiger partial charge is 0.263 e. The first-order chi connectivity index (χ1) is 11.0. The minimum absolute atomic E-state index is 0.0395. The molecule has 122 valence electrons. The zero-order valence-electron chi connectivity index (χ0n) is 12.7.